The maximum atomic E-state index is 13.2. The van der Waals surface area contributed by atoms with E-state index in [1.807, 2.05) is 60.4 Å². The first-order valence-electron chi connectivity index (χ1n) is 8.67. The lowest BCUT2D eigenvalue weighted by molar-refractivity contribution is -0.124. The molecule has 0 aliphatic carbocycles. The zero-order valence-electron chi connectivity index (χ0n) is 14.4. The van der Waals surface area contributed by atoms with Crippen LogP contribution in [-0.4, -0.2) is 35.9 Å². The molecule has 0 bridgehead atoms. The fourth-order valence-corrected chi connectivity index (χ4v) is 3.87. The molecule has 0 aromatic heterocycles. The molecule has 0 saturated carbocycles. The summed E-state index contributed by atoms with van der Waals surface area (Å²) in [5.74, 6) is 0.769. The minimum atomic E-state index is -0.611. The monoisotopic (exact) mass is 338 g/mol. The summed E-state index contributed by atoms with van der Waals surface area (Å²) in [6.45, 7) is 4.30. The van der Waals surface area contributed by atoms with Crippen LogP contribution in [0.25, 0.3) is 0 Å². The molecule has 3 atom stereocenters. The molecule has 130 valence electrons. The van der Waals surface area contributed by atoms with Crippen molar-refractivity contribution in [2.75, 3.05) is 16.3 Å². The minimum absolute atomic E-state index is 0.0163. The first kappa shape index (κ1) is 16.0. The number of carbonyl (C=O) groups is 1. The van der Waals surface area contributed by atoms with Gasteiger partial charge in [-0.25, -0.2) is 0 Å². The summed E-state index contributed by atoms with van der Waals surface area (Å²) < 4.78 is 5.89. The van der Waals surface area contributed by atoms with Crippen molar-refractivity contribution in [2.24, 2.45) is 0 Å². The van der Waals surface area contributed by atoms with Crippen LogP contribution in [0.2, 0.25) is 0 Å². The largest absolute Gasteiger partial charge is 0.480 e. The van der Waals surface area contributed by atoms with E-state index in [1.165, 1.54) is 0 Å². The smallest absolute Gasteiger partial charge is 0.268 e. The number of aliphatic hydroxyl groups excluding tert-OH is 1. The maximum absolute atomic E-state index is 13.2. The number of rotatable bonds is 2. The number of fused-ring (bicyclic) bond motifs is 2. The van der Waals surface area contributed by atoms with E-state index in [0.717, 1.165) is 22.7 Å². The topological polar surface area (TPSA) is 53.0 Å². The van der Waals surface area contributed by atoms with Crippen LogP contribution in [0.5, 0.6) is 5.75 Å². The van der Waals surface area contributed by atoms with Crippen molar-refractivity contribution in [3.05, 3.63) is 54.1 Å². The van der Waals surface area contributed by atoms with Crippen LogP contribution in [0.3, 0.4) is 0 Å². The predicted octanol–water partition coefficient (Wildman–Crippen LogP) is 2.57. The molecule has 2 aliphatic heterocycles. The summed E-state index contributed by atoms with van der Waals surface area (Å²) in [6.07, 6.45) is -0.501. The van der Waals surface area contributed by atoms with Crippen LogP contribution in [0.15, 0.2) is 48.5 Å². The van der Waals surface area contributed by atoms with E-state index in [2.05, 4.69) is 0 Å². The van der Waals surface area contributed by atoms with Gasteiger partial charge in [0.25, 0.3) is 5.91 Å². The van der Waals surface area contributed by atoms with Crippen LogP contribution in [0, 0.1) is 0 Å². The number of anilines is 2. The molecular formula is C20H22N2O3. The molecule has 2 heterocycles. The second kappa shape index (κ2) is 6.08. The van der Waals surface area contributed by atoms with E-state index >= 15 is 0 Å². The maximum Gasteiger partial charge on any atom is 0.268 e. The SMILES string of the molecule is CC(O)N1c2ccccc2N(C(=O)C2Cc3ccccc3O2)C[C@@H]1C. The average Bonchev–Trinajstić information content (AvgIpc) is 3.04. The third-order valence-electron chi connectivity index (χ3n) is 4.96. The van der Waals surface area contributed by atoms with E-state index in [9.17, 15) is 9.90 Å². The molecule has 2 unspecified atom stereocenters. The van der Waals surface area contributed by atoms with Crippen molar-refractivity contribution in [1.29, 1.82) is 0 Å². The average molecular weight is 338 g/mol. The van der Waals surface area contributed by atoms with Gasteiger partial charge in [0.15, 0.2) is 6.10 Å². The summed E-state index contributed by atoms with van der Waals surface area (Å²) in [5, 5.41) is 10.1. The Kier molecular flexibility index (Phi) is 3.88. The molecule has 2 aromatic rings. The number of aliphatic hydroxyl groups is 1. The third kappa shape index (κ3) is 2.65. The molecule has 0 radical (unpaired) electrons. The van der Waals surface area contributed by atoms with Crippen LogP contribution in [0.4, 0.5) is 11.4 Å². The molecule has 5 heteroatoms. The van der Waals surface area contributed by atoms with Crippen LogP contribution >= 0.6 is 0 Å². The zero-order valence-corrected chi connectivity index (χ0v) is 14.4. The number of hydrogen-bond donors (Lipinski definition) is 1. The Morgan fingerprint density at radius 3 is 2.56 bits per heavy atom. The van der Waals surface area contributed by atoms with Crippen molar-refractivity contribution in [3.8, 4) is 5.75 Å². The van der Waals surface area contributed by atoms with E-state index in [1.54, 1.807) is 11.8 Å². The van der Waals surface area contributed by atoms with Crippen molar-refractivity contribution in [3.63, 3.8) is 0 Å². The summed E-state index contributed by atoms with van der Waals surface area (Å²) in [7, 11) is 0. The van der Waals surface area contributed by atoms with Gasteiger partial charge in [-0.2, -0.15) is 0 Å². The second-order valence-electron chi connectivity index (χ2n) is 6.74. The number of carbonyl (C=O) groups excluding carboxylic acids is 1. The Bertz CT molecular complexity index is 780. The van der Waals surface area contributed by atoms with E-state index in [4.69, 9.17) is 4.74 Å². The fraction of sp³-hybridized carbons (Fsp3) is 0.350. The molecule has 1 amide bonds. The van der Waals surface area contributed by atoms with E-state index in [-0.39, 0.29) is 11.9 Å². The van der Waals surface area contributed by atoms with E-state index in [0.29, 0.717) is 13.0 Å². The third-order valence-corrected chi connectivity index (χ3v) is 4.96. The van der Waals surface area contributed by atoms with Crippen LogP contribution in [-0.2, 0) is 11.2 Å². The zero-order chi connectivity index (χ0) is 17.6. The van der Waals surface area contributed by atoms with Gasteiger partial charge < -0.3 is 19.6 Å². The van der Waals surface area contributed by atoms with Crippen LogP contribution in [0.1, 0.15) is 19.4 Å². The number of benzene rings is 2. The van der Waals surface area contributed by atoms with Gasteiger partial charge >= 0.3 is 0 Å². The van der Waals surface area contributed by atoms with Gasteiger partial charge in [0, 0.05) is 19.0 Å². The highest BCUT2D eigenvalue weighted by molar-refractivity contribution is 6.01. The summed E-state index contributed by atoms with van der Waals surface area (Å²) >= 11 is 0. The van der Waals surface area contributed by atoms with Gasteiger partial charge in [0.05, 0.1) is 11.4 Å². The lowest BCUT2D eigenvalue weighted by Crippen LogP contribution is -2.55. The van der Waals surface area contributed by atoms with Gasteiger partial charge in [-0.05, 0) is 37.6 Å². The van der Waals surface area contributed by atoms with Crippen molar-refractivity contribution >= 4 is 17.3 Å². The lowest BCUT2D eigenvalue weighted by Gasteiger charge is -2.44. The molecule has 0 spiro atoms. The Labute approximate surface area is 147 Å². The number of hydrogen-bond acceptors (Lipinski definition) is 4. The molecule has 4 rings (SSSR count). The molecule has 5 nitrogen and oxygen atoms in total. The summed E-state index contributed by atoms with van der Waals surface area (Å²) in [6, 6.07) is 15.5. The first-order valence-corrected chi connectivity index (χ1v) is 8.67. The lowest BCUT2D eigenvalue weighted by atomic mass is 10.0. The van der Waals surface area contributed by atoms with Gasteiger partial charge in [0.2, 0.25) is 0 Å². The van der Waals surface area contributed by atoms with Gasteiger partial charge in [0.1, 0.15) is 12.0 Å². The van der Waals surface area contributed by atoms with Gasteiger partial charge in [-0.15, -0.1) is 0 Å². The van der Waals surface area contributed by atoms with Crippen molar-refractivity contribution in [2.45, 2.75) is 38.6 Å². The van der Waals surface area contributed by atoms with E-state index < -0.39 is 12.3 Å². The highest BCUT2D eigenvalue weighted by Crippen LogP contribution is 2.38. The number of para-hydroxylation sites is 3. The highest BCUT2D eigenvalue weighted by atomic mass is 16.5. The summed E-state index contributed by atoms with van der Waals surface area (Å²) in [5.41, 5.74) is 2.77. The standard InChI is InChI=1S/C20H22N2O3/c1-13-12-21(16-8-4-5-9-17(16)22(13)14(2)23)20(24)19-11-15-7-3-6-10-18(15)25-19/h3-10,13-14,19,23H,11-12H2,1-2H3/t13-,14?,19?/m0/s1. The van der Waals surface area contributed by atoms with Gasteiger partial charge in [-0.3, -0.25) is 4.79 Å². The fourth-order valence-electron chi connectivity index (χ4n) is 3.87. The molecular weight excluding hydrogens is 316 g/mol. The van der Waals surface area contributed by atoms with Crippen molar-refractivity contribution < 1.29 is 14.6 Å². The molecule has 1 N–H and O–H groups in total. The van der Waals surface area contributed by atoms with Crippen LogP contribution < -0.4 is 14.5 Å². The second-order valence-corrected chi connectivity index (χ2v) is 6.74. The summed E-state index contributed by atoms with van der Waals surface area (Å²) in [4.78, 5) is 16.9. The van der Waals surface area contributed by atoms with Gasteiger partial charge in [-0.1, -0.05) is 30.3 Å². The Balaban J connectivity index is 1.65. The van der Waals surface area contributed by atoms with Crippen molar-refractivity contribution in [1.82, 2.24) is 0 Å². The quantitative estimate of drug-likeness (QED) is 0.914. The molecule has 0 saturated heterocycles. The first-order chi connectivity index (χ1) is 12.1. The highest BCUT2D eigenvalue weighted by Gasteiger charge is 2.38. The molecule has 2 aromatic carbocycles. The minimum Gasteiger partial charge on any atom is -0.480 e. The molecule has 0 fully saturated rings. The predicted molar refractivity (Wildman–Crippen MR) is 97.0 cm³/mol. The number of ether oxygens (including phenoxy) is 1. The molecule has 2 aliphatic rings. The Hall–Kier alpha value is -2.53. The Morgan fingerprint density at radius 1 is 1.16 bits per heavy atom. The molecule has 25 heavy (non-hydrogen) atoms. The normalized spacial score (nSPS) is 22.8. The Morgan fingerprint density at radius 2 is 1.84 bits per heavy atom. The number of amides is 1. The number of nitrogens with zero attached hydrogens (tertiary/aromatic N) is 2.